The van der Waals surface area contributed by atoms with E-state index in [-0.39, 0.29) is 11.9 Å². The van der Waals surface area contributed by atoms with E-state index in [1.165, 1.54) is 0 Å². The zero-order chi connectivity index (χ0) is 12.3. The smallest absolute Gasteiger partial charge is 0.356 e. The summed E-state index contributed by atoms with van der Waals surface area (Å²) in [6.45, 7) is 4.10. The molecule has 88 valence electrons. The van der Waals surface area contributed by atoms with Crippen molar-refractivity contribution in [1.29, 1.82) is 0 Å². The Bertz CT molecular complexity index is 474. The Hall–Kier alpha value is -1.90. The fourth-order valence-electron chi connectivity index (χ4n) is 1.92. The topological polar surface area (TPSA) is 38.7 Å². The summed E-state index contributed by atoms with van der Waals surface area (Å²) in [7, 11) is 0. The van der Waals surface area contributed by atoms with Crippen molar-refractivity contribution in [1.82, 2.24) is 0 Å². The quantitative estimate of drug-likeness (QED) is 0.747. The normalized spacial score (nSPS) is 18.6. The molecule has 3 nitrogen and oxygen atoms in total. The van der Waals surface area contributed by atoms with Crippen molar-refractivity contribution in [2.24, 2.45) is 4.99 Å². The average Bonchev–Trinajstić information content (AvgIpc) is 2.72. The van der Waals surface area contributed by atoms with Gasteiger partial charge in [-0.1, -0.05) is 30.3 Å². The lowest BCUT2D eigenvalue weighted by Gasteiger charge is -2.09. The SMILES string of the molecule is CCOC(=O)C1=C(C)C(c2ccccc2)C=N1. The lowest BCUT2D eigenvalue weighted by Crippen LogP contribution is -2.07. The van der Waals surface area contributed by atoms with E-state index >= 15 is 0 Å². The second-order valence-corrected chi connectivity index (χ2v) is 3.92. The number of hydrogen-bond acceptors (Lipinski definition) is 3. The van der Waals surface area contributed by atoms with Gasteiger partial charge in [-0.3, -0.25) is 4.99 Å². The van der Waals surface area contributed by atoms with Crippen molar-refractivity contribution in [3.05, 3.63) is 47.2 Å². The summed E-state index contributed by atoms with van der Waals surface area (Å²) < 4.78 is 4.97. The van der Waals surface area contributed by atoms with E-state index in [4.69, 9.17) is 4.74 Å². The van der Waals surface area contributed by atoms with E-state index in [9.17, 15) is 4.79 Å². The van der Waals surface area contributed by atoms with Crippen LogP contribution >= 0.6 is 0 Å². The molecule has 0 aliphatic carbocycles. The molecule has 0 amide bonds. The highest BCUT2D eigenvalue weighted by Crippen LogP contribution is 2.30. The molecule has 3 heteroatoms. The summed E-state index contributed by atoms with van der Waals surface area (Å²) in [5.41, 5.74) is 2.54. The Balaban J connectivity index is 2.26. The van der Waals surface area contributed by atoms with Gasteiger partial charge in [-0.2, -0.15) is 0 Å². The van der Waals surface area contributed by atoms with E-state index in [1.807, 2.05) is 37.3 Å². The molecule has 1 aliphatic heterocycles. The predicted molar refractivity (Wildman–Crippen MR) is 67.0 cm³/mol. The van der Waals surface area contributed by atoms with E-state index in [2.05, 4.69) is 4.99 Å². The van der Waals surface area contributed by atoms with E-state index < -0.39 is 0 Å². The number of allylic oxidation sites excluding steroid dienone is 1. The number of rotatable bonds is 3. The van der Waals surface area contributed by atoms with Gasteiger partial charge >= 0.3 is 5.97 Å². The molecule has 1 aromatic rings. The number of aliphatic imine (C=N–C) groups is 1. The first-order valence-corrected chi connectivity index (χ1v) is 5.71. The molecule has 0 bridgehead atoms. The summed E-state index contributed by atoms with van der Waals surface area (Å²) in [5, 5.41) is 0. The van der Waals surface area contributed by atoms with Crippen LogP contribution in [0.5, 0.6) is 0 Å². The van der Waals surface area contributed by atoms with Crippen LogP contribution in [0, 0.1) is 0 Å². The summed E-state index contributed by atoms with van der Waals surface area (Å²) in [6, 6.07) is 10.0. The minimum absolute atomic E-state index is 0.0932. The molecule has 0 saturated heterocycles. The molecule has 1 aliphatic rings. The average molecular weight is 229 g/mol. The molecule has 0 aromatic heterocycles. The van der Waals surface area contributed by atoms with Crippen LogP contribution in [0.25, 0.3) is 0 Å². The second-order valence-electron chi connectivity index (χ2n) is 3.92. The zero-order valence-corrected chi connectivity index (χ0v) is 10.0. The highest BCUT2D eigenvalue weighted by Gasteiger charge is 2.24. The zero-order valence-electron chi connectivity index (χ0n) is 10.0. The van der Waals surface area contributed by atoms with Gasteiger partial charge in [-0.15, -0.1) is 0 Å². The Morgan fingerprint density at radius 1 is 1.35 bits per heavy atom. The first kappa shape index (κ1) is 11.6. The predicted octanol–water partition coefficient (Wildman–Crippen LogP) is 2.69. The Morgan fingerprint density at radius 2 is 2.06 bits per heavy atom. The third-order valence-corrected chi connectivity index (χ3v) is 2.82. The lowest BCUT2D eigenvalue weighted by atomic mass is 9.94. The number of esters is 1. The Kier molecular flexibility index (Phi) is 3.38. The second kappa shape index (κ2) is 4.95. The Labute approximate surface area is 101 Å². The highest BCUT2D eigenvalue weighted by atomic mass is 16.5. The maximum Gasteiger partial charge on any atom is 0.356 e. The van der Waals surface area contributed by atoms with Crippen LogP contribution in [0.15, 0.2) is 46.6 Å². The summed E-state index contributed by atoms with van der Waals surface area (Å²) in [4.78, 5) is 15.8. The Morgan fingerprint density at radius 3 is 2.71 bits per heavy atom. The molecule has 17 heavy (non-hydrogen) atoms. The number of ether oxygens (including phenoxy) is 1. The maximum atomic E-state index is 11.6. The first-order valence-electron chi connectivity index (χ1n) is 5.71. The minimum atomic E-state index is -0.334. The number of carbonyl (C=O) groups is 1. The van der Waals surface area contributed by atoms with Crippen molar-refractivity contribution in [3.63, 3.8) is 0 Å². The van der Waals surface area contributed by atoms with Gasteiger partial charge in [0.1, 0.15) is 5.70 Å². The molecule has 1 heterocycles. The van der Waals surface area contributed by atoms with E-state index in [0.29, 0.717) is 12.3 Å². The van der Waals surface area contributed by atoms with Gasteiger partial charge in [0.25, 0.3) is 0 Å². The van der Waals surface area contributed by atoms with Crippen molar-refractivity contribution >= 4 is 12.2 Å². The molecule has 0 saturated carbocycles. The number of hydrogen-bond donors (Lipinski definition) is 0. The molecular weight excluding hydrogens is 214 g/mol. The van der Waals surface area contributed by atoms with Gasteiger partial charge in [0, 0.05) is 12.1 Å². The molecular formula is C14H15NO2. The third kappa shape index (κ3) is 2.28. The van der Waals surface area contributed by atoms with Crippen LogP contribution in [0.4, 0.5) is 0 Å². The fraction of sp³-hybridized carbons (Fsp3) is 0.286. The fourth-order valence-corrected chi connectivity index (χ4v) is 1.92. The van der Waals surface area contributed by atoms with Gasteiger partial charge in [-0.05, 0) is 25.0 Å². The van der Waals surface area contributed by atoms with Crippen LogP contribution in [0.2, 0.25) is 0 Å². The lowest BCUT2D eigenvalue weighted by molar-refractivity contribution is -0.138. The maximum absolute atomic E-state index is 11.6. The molecule has 1 atom stereocenters. The number of carbonyl (C=O) groups excluding carboxylic acids is 1. The molecule has 0 radical (unpaired) electrons. The van der Waals surface area contributed by atoms with Crippen molar-refractivity contribution < 1.29 is 9.53 Å². The van der Waals surface area contributed by atoms with E-state index in [0.717, 1.165) is 11.1 Å². The van der Waals surface area contributed by atoms with Gasteiger partial charge in [0.15, 0.2) is 0 Å². The molecule has 0 fully saturated rings. The van der Waals surface area contributed by atoms with E-state index in [1.54, 1.807) is 13.1 Å². The first-order chi connectivity index (χ1) is 8.24. The number of benzene rings is 1. The molecule has 2 rings (SSSR count). The van der Waals surface area contributed by atoms with Crippen LogP contribution in [-0.4, -0.2) is 18.8 Å². The molecule has 1 unspecified atom stereocenters. The minimum Gasteiger partial charge on any atom is -0.461 e. The van der Waals surface area contributed by atoms with Gasteiger partial charge in [0.2, 0.25) is 0 Å². The van der Waals surface area contributed by atoms with Crippen LogP contribution in [-0.2, 0) is 9.53 Å². The molecule has 0 spiro atoms. The van der Waals surface area contributed by atoms with Gasteiger partial charge < -0.3 is 4.74 Å². The third-order valence-electron chi connectivity index (χ3n) is 2.82. The van der Waals surface area contributed by atoms with Crippen molar-refractivity contribution in [2.75, 3.05) is 6.61 Å². The summed E-state index contributed by atoms with van der Waals surface area (Å²) >= 11 is 0. The largest absolute Gasteiger partial charge is 0.461 e. The number of nitrogens with zero attached hydrogens (tertiary/aromatic N) is 1. The monoisotopic (exact) mass is 229 g/mol. The highest BCUT2D eigenvalue weighted by molar-refractivity contribution is 5.95. The van der Waals surface area contributed by atoms with Crippen LogP contribution in [0.3, 0.4) is 0 Å². The molecule has 0 N–H and O–H groups in total. The standard InChI is InChI=1S/C14H15NO2/c1-3-17-14(16)13-10(2)12(9-15-13)11-7-5-4-6-8-11/h4-9,12H,3H2,1-2H3. The summed E-state index contributed by atoms with van der Waals surface area (Å²) in [5.74, 6) is -0.240. The van der Waals surface area contributed by atoms with Crippen LogP contribution in [0.1, 0.15) is 25.3 Å². The molecule has 1 aromatic carbocycles. The van der Waals surface area contributed by atoms with Crippen molar-refractivity contribution in [2.45, 2.75) is 19.8 Å². The van der Waals surface area contributed by atoms with Crippen LogP contribution < -0.4 is 0 Å². The van der Waals surface area contributed by atoms with Crippen molar-refractivity contribution in [3.8, 4) is 0 Å². The summed E-state index contributed by atoms with van der Waals surface area (Å²) in [6.07, 6.45) is 1.80. The van der Waals surface area contributed by atoms with Gasteiger partial charge in [0.05, 0.1) is 6.61 Å². The van der Waals surface area contributed by atoms with Gasteiger partial charge in [-0.25, -0.2) is 4.79 Å².